The van der Waals surface area contributed by atoms with Gasteiger partial charge < -0.3 is 14.8 Å². The standard InChI is InChI=1S/C22H19BrN2O3S/c23-17-6-4-5-16(15-17)21(26)25-22(29)24-18-9-11-20(12-10-18)28-14-13-27-19-7-2-1-3-8-19/h1-12,15H,13-14H2,(H2,24,25,26,29). The van der Waals surface area contributed by atoms with Gasteiger partial charge in [-0.1, -0.05) is 40.2 Å². The molecule has 0 heterocycles. The number of amides is 1. The van der Waals surface area contributed by atoms with Crippen molar-refractivity contribution in [2.75, 3.05) is 18.5 Å². The highest BCUT2D eigenvalue weighted by atomic mass is 79.9. The maximum Gasteiger partial charge on any atom is 0.257 e. The zero-order valence-corrected chi connectivity index (χ0v) is 17.8. The van der Waals surface area contributed by atoms with E-state index in [1.54, 1.807) is 18.2 Å². The first-order chi connectivity index (χ1) is 14.1. The number of anilines is 1. The van der Waals surface area contributed by atoms with Gasteiger partial charge >= 0.3 is 0 Å². The third-order valence-corrected chi connectivity index (χ3v) is 4.49. The van der Waals surface area contributed by atoms with E-state index in [-0.39, 0.29) is 11.0 Å². The van der Waals surface area contributed by atoms with Crippen LogP contribution in [0.2, 0.25) is 0 Å². The Balaban J connectivity index is 1.42. The Hall–Kier alpha value is -2.90. The maximum atomic E-state index is 12.2. The fourth-order valence-electron chi connectivity index (χ4n) is 2.44. The molecule has 7 heteroatoms. The van der Waals surface area contributed by atoms with Crippen LogP contribution in [0.3, 0.4) is 0 Å². The van der Waals surface area contributed by atoms with Crippen molar-refractivity contribution in [3.05, 3.63) is 88.9 Å². The van der Waals surface area contributed by atoms with Gasteiger partial charge in [0.1, 0.15) is 24.7 Å². The van der Waals surface area contributed by atoms with Crippen molar-refractivity contribution in [2.45, 2.75) is 0 Å². The van der Waals surface area contributed by atoms with E-state index in [0.29, 0.717) is 18.8 Å². The van der Waals surface area contributed by atoms with E-state index >= 15 is 0 Å². The lowest BCUT2D eigenvalue weighted by Gasteiger charge is -2.11. The lowest BCUT2D eigenvalue weighted by Crippen LogP contribution is -2.34. The molecule has 0 saturated carbocycles. The molecule has 0 radical (unpaired) electrons. The van der Waals surface area contributed by atoms with E-state index in [9.17, 15) is 4.79 Å². The molecule has 0 fully saturated rings. The number of hydrogen-bond acceptors (Lipinski definition) is 4. The van der Waals surface area contributed by atoms with Crippen LogP contribution in [0, 0.1) is 0 Å². The minimum atomic E-state index is -0.276. The van der Waals surface area contributed by atoms with Crippen LogP contribution < -0.4 is 20.1 Å². The van der Waals surface area contributed by atoms with E-state index in [0.717, 1.165) is 21.7 Å². The van der Waals surface area contributed by atoms with Gasteiger partial charge in [-0.3, -0.25) is 10.1 Å². The predicted octanol–water partition coefficient (Wildman–Crippen LogP) is 5.03. The molecule has 5 nitrogen and oxygen atoms in total. The fourth-order valence-corrected chi connectivity index (χ4v) is 3.05. The number of benzene rings is 3. The van der Waals surface area contributed by atoms with Crippen LogP contribution >= 0.6 is 28.1 Å². The number of ether oxygens (including phenoxy) is 2. The summed E-state index contributed by atoms with van der Waals surface area (Å²) in [4.78, 5) is 12.2. The molecule has 3 rings (SSSR count). The van der Waals surface area contributed by atoms with Crippen molar-refractivity contribution in [1.82, 2.24) is 5.32 Å². The lowest BCUT2D eigenvalue weighted by atomic mass is 10.2. The molecular weight excluding hydrogens is 452 g/mol. The first kappa shape index (κ1) is 20.8. The summed E-state index contributed by atoms with van der Waals surface area (Å²) in [5, 5.41) is 5.86. The lowest BCUT2D eigenvalue weighted by molar-refractivity contribution is 0.0977. The Morgan fingerprint density at radius 3 is 2.17 bits per heavy atom. The third kappa shape index (κ3) is 6.89. The number of para-hydroxylation sites is 1. The molecule has 0 aliphatic carbocycles. The third-order valence-electron chi connectivity index (χ3n) is 3.79. The van der Waals surface area contributed by atoms with Gasteiger partial charge in [0.15, 0.2) is 5.11 Å². The van der Waals surface area contributed by atoms with Crippen molar-refractivity contribution in [3.63, 3.8) is 0 Å². The molecule has 0 saturated heterocycles. The first-order valence-corrected chi connectivity index (χ1v) is 10.1. The number of thiocarbonyl (C=S) groups is 1. The molecule has 0 unspecified atom stereocenters. The molecule has 3 aromatic carbocycles. The second kappa shape index (κ2) is 10.6. The minimum Gasteiger partial charge on any atom is -0.490 e. The van der Waals surface area contributed by atoms with Crippen LogP contribution in [0.5, 0.6) is 11.5 Å². The van der Waals surface area contributed by atoms with Gasteiger partial charge in [-0.25, -0.2) is 0 Å². The average Bonchev–Trinajstić information content (AvgIpc) is 2.73. The monoisotopic (exact) mass is 470 g/mol. The van der Waals surface area contributed by atoms with Crippen molar-refractivity contribution >= 4 is 44.9 Å². The van der Waals surface area contributed by atoms with Gasteiger partial charge in [-0.05, 0) is 66.8 Å². The van der Waals surface area contributed by atoms with E-state index in [2.05, 4.69) is 26.6 Å². The molecule has 2 N–H and O–H groups in total. The summed E-state index contributed by atoms with van der Waals surface area (Å²) < 4.78 is 12.1. The topological polar surface area (TPSA) is 59.6 Å². The molecule has 0 aliphatic rings. The largest absolute Gasteiger partial charge is 0.490 e. The highest BCUT2D eigenvalue weighted by Gasteiger charge is 2.08. The van der Waals surface area contributed by atoms with Gasteiger partial charge in [0.25, 0.3) is 5.91 Å². The smallest absolute Gasteiger partial charge is 0.257 e. The number of rotatable bonds is 7. The molecule has 0 bridgehead atoms. The van der Waals surface area contributed by atoms with Crippen LogP contribution in [-0.2, 0) is 0 Å². The Bertz CT molecular complexity index is 965. The molecule has 3 aromatic rings. The number of carbonyl (C=O) groups excluding carboxylic acids is 1. The van der Waals surface area contributed by atoms with Crippen molar-refractivity contribution in [1.29, 1.82) is 0 Å². The van der Waals surface area contributed by atoms with Gasteiger partial charge in [-0.2, -0.15) is 0 Å². The summed E-state index contributed by atoms with van der Waals surface area (Å²) in [5.41, 5.74) is 1.27. The van der Waals surface area contributed by atoms with Crippen molar-refractivity contribution < 1.29 is 14.3 Å². The molecule has 29 heavy (non-hydrogen) atoms. The summed E-state index contributed by atoms with van der Waals surface area (Å²) in [6.45, 7) is 0.887. The summed E-state index contributed by atoms with van der Waals surface area (Å²) in [6.07, 6.45) is 0. The molecular formula is C22H19BrN2O3S. The Morgan fingerprint density at radius 1 is 0.862 bits per heavy atom. The summed E-state index contributed by atoms with van der Waals surface area (Å²) in [6, 6.07) is 24.0. The van der Waals surface area contributed by atoms with Crippen LogP contribution in [-0.4, -0.2) is 24.2 Å². The minimum absolute atomic E-state index is 0.222. The van der Waals surface area contributed by atoms with E-state index in [4.69, 9.17) is 21.7 Å². The van der Waals surface area contributed by atoms with Gasteiger partial charge in [0.05, 0.1) is 0 Å². The zero-order chi connectivity index (χ0) is 20.5. The van der Waals surface area contributed by atoms with Crippen LogP contribution in [0.4, 0.5) is 5.69 Å². The average molecular weight is 471 g/mol. The van der Waals surface area contributed by atoms with E-state index in [1.807, 2.05) is 60.7 Å². The van der Waals surface area contributed by atoms with Crippen molar-refractivity contribution in [2.24, 2.45) is 0 Å². The normalized spacial score (nSPS) is 10.1. The predicted molar refractivity (Wildman–Crippen MR) is 122 cm³/mol. The highest BCUT2D eigenvalue weighted by Crippen LogP contribution is 2.16. The Morgan fingerprint density at radius 2 is 1.52 bits per heavy atom. The summed E-state index contributed by atoms with van der Waals surface area (Å²) >= 11 is 8.55. The quantitative estimate of drug-likeness (QED) is 0.374. The Labute approximate surface area is 183 Å². The molecule has 0 aromatic heterocycles. The second-order valence-electron chi connectivity index (χ2n) is 5.95. The second-order valence-corrected chi connectivity index (χ2v) is 7.28. The van der Waals surface area contributed by atoms with Crippen LogP contribution in [0.1, 0.15) is 10.4 Å². The maximum absolute atomic E-state index is 12.2. The van der Waals surface area contributed by atoms with Gasteiger partial charge in [0, 0.05) is 15.7 Å². The zero-order valence-electron chi connectivity index (χ0n) is 15.4. The van der Waals surface area contributed by atoms with Crippen LogP contribution in [0.25, 0.3) is 0 Å². The summed E-state index contributed by atoms with van der Waals surface area (Å²) in [5.74, 6) is 1.26. The SMILES string of the molecule is O=C(NC(=S)Nc1ccc(OCCOc2ccccc2)cc1)c1cccc(Br)c1. The van der Waals surface area contributed by atoms with Gasteiger partial charge in [-0.15, -0.1) is 0 Å². The number of hydrogen-bond donors (Lipinski definition) is 2. The van der Waals surface area contributed by atoms with Gasteiger partial charge in [0.2, 0.25) is 0 Å². The highest BCUT2D eigenvalue weighted by molar-refractivity contribution is 9.10. The van der Waals surface area contributed by atoms with E-state index < -0.39 is 0 Å². The van der Waals surface area contributed by atoms with Crippen LogP contribution in [0.15, 0.2) is 83.3 Å². The first-order valence-electron chi connectivity index (χ1n) is 8.89. The molecule has 0 atom stereocenters. The molecule has 1 amide bonds. The molecule has 0 spiro atoms. The van der Waals surface area contributed by atoms with Crippen molar-refractivity contribution in [3.8, 4) is 11.5 Å². The molecule has 148 valence electrons. The fraction of sp³-hybridized carbons (Fsp3) is 0.0909. The number of carbonyl (C=O) groups is 1. The van der Waals surface area contributed by atoms with E-state index in [1.165, 1.54) is 0 Å². The number of halogens is 1. The summed E-state index contributed by atoms with van der Waals surface area (Å²) in [7, 11) is 0. The number of nitrogens with one attached hydrogen (secondary N) is 2. The Kier molecular flexibility index (Phi) is 7.61. The molecule has 0 aliphatic heterocycles.